The zero-order chi connectivity index (χ0) is 21.3. The van der Waals surface area contributed by atoms with E-state index in [1.165, 1.54) is 22.1 Å². The number of hydrogen-bond donors (Lipinski definition) is 6. The molecule has 1 aliphatic carbocycles. The van der Waals surface area contributed by atoms with Crippen molar-refractivity contribution in [3.63, 3.8) is 0 Å². The van der Waals surface area contributed by atoms with Gasteiger partial charge in [-0.2, -0.15) is 0 Å². The molecule has 0 saturated carbocycles. The maximum Gasteiger partial charge on any atom is 0.466 e. The van der Waals surface area contributed by atoms with E-state index in [0.717, 1.165) is 11.9 Å². The predicted octanol–water partition coefficient (Wildman–Crippen LogP) is 0.606. The minimum absolute atomic E-state index is 0.0126. The topological polar surface area (TPSA) is 146 Å². The molecule has 1 aromatic carbocycles. The average Bonchev–Trinajstić information content (AvgIpc) is 3.05. The number of H-pyrrole nitrogens is 1. The van der Waals surface area contributed by atoms with Gasteiger partial charge in [0.25, 0.3) is 0 Å². The van der Waals surface area contributed by atoms with Gasteiger partial charge in [0, 0.05) is 35.7 Å². The van der Waals surface area contributed by atoms with E-state index < -0.39 is 7.82 Å². The summed E-state index contributed by atoms with van der Waals surface area (Å²) in [4.78, 5) is 39.7. The van der Waals surface area contributed by atoms with E-state index in [4.69, 9.17) is 24.4 Å². The van der Waals surface area contributed by atoms with Crippen molar-refractivity contribution >= 4 is 30.2 Å². The van der Waals surface area contributed by atoms with Crippen LogP contribution in [0.25, 0.3) is 16.5 Å². The Morgan fingerprint density at radius 3 is 2.72 bits per heavy atom. The normalized spacial score (nSPS) is 22.2. The lowest BCUT2D eigenvalue weighted by Crippen LogP contribution is -2.48. The van der Waals surface area contributed by atoms with Crippen LogP contribution in [0.15, 0.2) is 30.5 Å². The van der Waals surface area contributed by atoms with Gasteiger partial charge in [0.15, 0.2) is 0 Å². The zero-order valence-corrected chi connectivity index (χ0v) is 17.1. The SMILES string of the molecule is C[C@@H](CO)NC(=O)[C@@H]1C=C2c3cccc4[nH]cc(c34)C[C@H]2N(C)C1.O=P(O)(O)O. The first-order valence-corrected chi connectivity index (χ1v) is 10.9. The number of aliphatic hydroxyl groups excluding tert-OH is 1. The lowest BCUT2D eigenvalue weighted by Gasteiger charge is -2.39. The summed E-state index contributed by atoms with van der Waals surface area (Å²) in [6.45, 7) is 2.47. The molecule has 9 nitrogen and oxygen atoms in total. The highest BCUT2D eigenvalue weighted by Gasteiger charge is 2.35. The van der Waals surface area contributed by atoms with E-state index in [2.05, 4.69) is 52.7 Å². The Morgan fingerprint density at radius 2 is 2.07 bits per heavy atom. The largest absolute Gasteiger partial charge is 0.466 e. The summed E-state index contributed by atoms with van der Waals surface area (Å²) in [5, 5.41) is 13.3. The van der Waals surface area contributed by atoms with Gasteiger partial charge in [0.1, 0.15) is 0 Å². The highest BCUT2D eigenvalue weighted by Crippen LogP contribution is 2.40. The summed E-state index contributed by atoms with van der Waals surface area (Å²) in [5.41, 5.74) is 4.99. The molecule has 10 heteroatoms. The number of amides is 1. The van der Waals surface area contributed by atoms with Gasteiger partial charge in [0.05, 0.1) is 12.5 Å². The van der Waals surface area contributed by atoms with Gasteiger partial charge in [-0.25, -0.2) is 4.57 Å². The lowest BCUT2D eigenvalue weighted by atomic mass is 9.80. The van der Waals surface area contributed by atoms with Crippen molar-refractivity contribution in [3.05, 3.63) is 41.6 Å². The van der Waals surface area contributed by atoms with Crippen molar-refractivity contribution in [3.8, 4) is 0 Å². The average molecular weight is 423 g/mol. The highest BCUT2D eigenvalue weighted by molar-refractivity contribution is 7.45. The summed E-state index contributed by atoms with van der Waals surface area (Å²) in [5.74, 6) is -0.201. The molecule has 0 bridgehead atoms. The monoisotopic (exact) mass is 423 g/mol. The van der Waals surface area contributed by atoms with E-state index >= 15 is 0 Å². The van der Waals surface area contributed by atoms with Gasteiger partial charge in [-0.3, -0.25) is 9.69 Å². The number of hydrogen-bond acceptors (Lipinski definition) is 4. The fourth-order valence-electron chi connectivity index (χ4n) is 4.01. The molecule has 2 heterocycles. The van der Waals surface area contributed by atoms with E-state index in [1.807, 2.05) is 6.92 Å². The second-order valence-electron chi connectivity index (χ2n) is 7.54. The van der Waals surface area contributed by atoms with Crippen LogP contribution in [0.4, 0.5) is 0 Å². The first-order chi connectivity index (χ1) is 13.6. The standard InChI is InChI=1S/C19H23N3O2.H3O4P/c1-11(10-23)21-19(24)13-6-15-14-4-3-5-16-18(14)12(8-20-16)7-17(15)22(2)9-13;1-5(2,3)4/h3-6,8,11,13,17,20,23H,7,9-10H2,1-2H3,(H,21,24);(H3,1,2,3,4)/t11-,13+,17+;/m0./s1. The summed E-state index contributed by atoms with van der Waals surface area (Å²) in [7, 11) is -2.55. The number of phosphoric acid groups is 1. The van der Waals surface area contributed by atoms with Gasteiger partial charge in [-0.1, -0.05) is 18.2 Å². The number of nitrogens with zero attached hydrogens (tertiary/aromatic N) is 1. The maximum atomic E-state index is 12.5. The van der Waals surface area contributed by atoms with Gasteiger partial charge < -0.3 is 30.1 Å². The molecule has 0 spiro atoms. The van der Waals surface area contributed by atoms with Crippen molar-refractivity contribution in [2.75, 3.05) is 20.2 Å². The molecule has 6 N–H and O–H groups in total. The van der Waals surface area contributed by atoms with Crippen LogP contribution in [0.3, 0.4) is 0 Å². The van der Waals surface area contributed by atoms with Crippen LogP contribution < -0.4 is 5.32 Å². The number of rotatable bonds is 3. The van der Waals surface area contributed by atoms with Crippen LogP contribution in [0, 0.1) is 5.92 Å². The Hall–Kier alpha value is -2.00. The van der Waals surface area contributed by atoms with Crippen molar-refractivity contribution in [2.24, 2.45) is 5.92 Å². The molecular weight excluding hydrogens is 397 g/mol. The number of nitrogens with one attached hydrogen (secondary N) is 2. The quantitative estimate of drug-likeness (QED) is 0.397. The van der Waals surface area contributed by atoms with Crippen LogP contribution in [0.5, 0.6) is 0 Å². The second kappa shape index (κ2) is 8.39. The summed E-state index contributed by atoms with van der Waals surface area (Å²) >= 11 is 0. The van der Waals surface area contributed by atoms with Gasteiger partial charge in [0.2, 0.25) is 5.91 Å². The molecule has 2 aromatic rings. The number of benzene rings is 1. The summed E-state index contributed by atoms with van der Waals surface area (Å²) in [6, 6.07) is 6.42. The van der Waals surface area contributed by atoms with Crippen LogP contribution >= 0.6 is 7.82 Å². The molecule has 29 heavy (non-hydrogen) atoms. The number of carbonyl (C=O) groups excluding carboxylic acids is 1. The number of aromatic amines is 1. The van der Waals surface area contributed by atoms with Crippen molar-refractivity contribution in [1.82, 2.24) is 15.2 Å². The third kappa shape index (κ3) is 4.95. The van der Waals surface area contributed by atoms with Gasteiger partial charge in [-0.05, 0) is 43.2 Å². The Balaban J connectivity index is 0.000000431. The van der Waals surface area contributed by atoms with Gasteiger partial charge in [-0.15, -0.1) is 0 Å². The van der Waals surface area contributed by atoms with E-state index in [-0.39, 0.29) is 24.5 Å². The van der Waals surface area contributed by atoms with Crippen LogP contribution in [-0.2, 0) is 15.8 Å². The Kier molecular flexibility index (Phi) is 6.28. The molecule has 0 unspecified atom stereocenters. The Bertz CT molecular complexity index is 973. The van der Waals surface area contributed by atoms with Crippen LogP contribution in [0.2, 0.25) is 0 Å². The Labute approximate surface area is 168 Å². The van der Waals surface area contributed by atoms with Gasteiger partial charge >= 0.3 is 7.82 Å². The fraction of sp³-hybridized carbons (Fsp3) is 0.421. The first-order valence-electron chi connectivity index (χ1n) is 9.29. The summed E-state index contributed by atoms with van der Waals surface area (Å²) < 4.78 is 8.88. The molecule has 2 aliphatic rings. The Morgan fingerprint density at radius 1 is 1.38 bits per heavy atom. The minimum atomic E-state index is -4.64. The van der Waals surface area contributed by atoms with Crippen LogP contribution in [-0.4, -0.2) is 67.9 Å². The van der Waals surface area contributed by atoms with E-state index in [0.29, 0.717) is 12.6 Å². The van der Waals surface area contributed by atoms with Crippen LogP contribution in [0.1, 0.15) is 18.1 Å². The molecule has 0 fully saturated rings. The molecule has 1 aromatic heterocycles. The molecule has 158 valence electrons. The number of likely N-dealkylation sites (N-methyl/N-ethyl adjacent to an activating group) is 1. The highest BCUT2D eigenvalue weighted by atomic mass is 31.2. The molecule has 1 aliphatic heterocycles. The number of fused-ring (bicyclic) bond motifs is 2. The van der Waals surface area contributed by atoms with E-state index in [1.54, 1.807) is 0 Å². The maximum absolute atomic E-state index is 12.5. The first kappa shape index (κ1) is 21.7. The molecular formula is C19H26N3O6P. The molecule has 1 amide bonds. The molecule has 3 atom stereocenters. The lowest BCUT2D eigenvalue weighted by molar-refractivity contribution is -0.125. The predicted molar refractivity (Wildman–Crippen MR) is 109 cm³/mol. The molecule has 0 radical (unpaired) electrons. The number of aromatic nitrogens is 1. The van der Waals surface area contributed by atoms with Crippen molar-refractivity contribution in [1.29, 1.82) is 0 Å². The smallest absolute Gasteiger partial charge is 0.394 e. The number of carbonyl (C=O) groups is 1. The zero-order valence-electron chi connectivity index (χ0n) is 16.2. The van der Waals surface area contributed by atoms with E-state index in [9.17, 15) is 4.79 Å². The summed E-state index contributed by atoms with van der Waals surface area (Å²) in [6.07, 6.45) is 5.22. The third-order valence-corrected chi connectivity index (χ3v) is 5.27. The molecule has 4 rings (SSSR count). The van der Waals surface area contributed by atoms with Crippen molar-refractivity contribution < 1.29 is 29.1 Å². The second-order valence-corrected chi connectivity index (χ2v) is 8.56. The third-order valence-electron chi connectivity index (χ3n) is 5.27. The number of aliphatic hydroxyl groups is 1. The van der Waals surface area contributed by atoms with Crippen molar-refractivity contribution in [2.45, 2.75) is 25.4 Å². The minimum Gasteiger partial charge on any atom is -0.394 e. The fourth-order valence-corrected chi connectivity index (χ4v) is 4.01. The molecule has 0 saturated heterocycles.